The second-order valence-electron chi connectivity index (χ2n) is 4.26. The molecular weight excluding hydrogens is 178 g/mol. The third kappa shape index (κ3) is 4.09. The molecule has 1 saturated heterocycles. The maximum Gasteiger partial charge on any atom is 0.303 e. The lowest BCUT2D eigenvalue weighted by Crippen LogP contribution is -2.22. The van der Waals surface area contributed by atoms with Gasteiger partial charge >= 0.3 is 5.97 Å². The molecule has 0 amide bonds. The molecule has 0 aromatic rings. The fourth-order valence-electron chi connectivity index (χ4n) is 2.11. The van der Waals surface area contributed by atoms with Gasteiger partial charge in [-0.3, -0.25) is 4.79 Å². The molecule has 1 aliphatic rings. The van der Waals surface area contributed by atoms with E-state index in [4.69, 9.17) is 5.11 Å². The van der Waals surface area contributed by atoms with E-state index in [1.807, 2.05) is 0 Å². The Hall–Kier alpha value is -0.570. The Bertz CT molecular complexity index is 182. The molecule has 1 N–H and O–H groups in total. The molecule has 0 aromatic heterocycles. The number of hydrogen-bond donors (Lipinski definition) is 1. The summed E-state index contributed by atoms with van der Waals surface area (Å²) in [5, 5.41) is 8.66. The second kappa shape index (κ2) is 6.02. The van der Waals surface area contributed by atoms with Crippen LogP contribution in [-0.2, 0) is 4.79 Å². The third-order valence-corrected chi connectivity index (χ3v) is 2.91. The Morgan fingerprint density at radius 1 is 1.50 bits per heavy atom. The van der Waals surface area contributed by atoms with Crippen molar-refractivity contribution < 1.29 is 9.90 Å². The molecule has 1 aliphatic heterocycles. The van der Waals surface area contributed by atoms with Gasteiger partial charge in [-0.2, -0.15) is 0 Å². The van der Waals surface area contributed by atoms with Crippen molar-refractivity contribution in [3.05, 3.63) is 0 Å². The molecular formula is C11H21NO2. The van der Waals surface area contributed by atoms with Crippen LogP contribution in [0, 0.1) is 5.92 Å². The predicted octanol–water partition coefficient (Wildman–Crippen LogP) is 1.97. The molecule has 1 atom stereocenters. The number of hydrogen-bond acceptors (Lipinski definition) is 2. The maximum absolute atomic E-state index is 10.5. The lowest BCUT2D eigenvalue weighted by Gasteiger charge is -2.14. The lowest BCUT2D eigenvalue weighted by atomic mass is 10.1. The van der Waals surface area contributed by atoms with Crippen molar-refractivity contribution in [1.82, 2.24) is 4.90 Å². The highest BCUT2D eigenvalue weighted by Crippen LogP contribution is 2.19. The van der Waals surface area contributed by atoms with Crippen molar-refractivity contribution in [1.29, 1.82) is 0 Å². The van der Waals surface area contributed by atoms with E-state index in [1.165, 1.54) is 19.3 Å². The van der Waals surface area contributed by atoms with Gasteiger partial charge in [0, 0.05) is 13.0 Å². The van der Waals surface area contributed by atoms with Crippen molar-refractivity contribution in [2.75, 3.05) is 19.6 Å². The summed E-state index contributed by atoms with van der Waals surface area (Å²) in [6, 6.07) is 0. The zero-order valence-corrected chi connectivity index (χ0v) is 9.04. The number of aliphatic carboxylic acids is 1. The molecule has 14 heavy (non-hydrogen) atoms. The van der Waals surface area contributed by atoms with Gasteiger partial charge in [-0.05, 0) is 31.8 Å². The molecule has 1 heterocycles. The van der Waals surface area contributed by atoms with Gasteiger partial charge in [0.15, 0.2) is 0 Å². The Labute approximate surface area is 86.1 Å². The minimum atomic E-state index is -0.648. The molecule has 0 radical (unpaired) electrons. The molecule has 1 fully saturated rings. The highest BCUT2D eigenvalue weighted by atomic mass is 16.4. The number of carbonyl (C=O) groups is 1. The van der Waals surface area contributed by atoms with Crippen LogP contribution in [0.5, 0.6) is 0 Å². The van der Waals surface area contributed by atoms with Crippen LogP contribution < -0.4 is 0 Å². The van der Waals surface area contributed by atoms with Gasteiger partial charge in [-0.15, -0.1) is 0 Å². The minimum absolute atomic E-state index is 0.351. The summed E-state index contributed by atoms with van der Waals surface area (Å²) < 4.78 is 0. The van der Waals surface area contributed by atoms with Crippen LogP contribution in [0.15, 0.2) is 0 Å². The fraction of sp³-hybridized carbons (Fsp3) is 0.909. The predicted molar refractivity (Wildman–Crippen MR) is 56.3 cm³/mol. The highest BCUT2D eigenvalue weighted by Gasteiger charge is 2.23. The van der Waals surface area contributed by atoms with E-state index < -0.39 is 5.97 Å². The van der Waals surface area contributed by atoms with Crippen LogP contribution in [-0.4, -0.2) is 35.6 Å². The van der Waals surface area contributed by atoms with Crippen molar-refractivity contribution >= 4 is 5.97 Å². The monoisotopic (exact) mass is 199 g/mol. The SMILES string of the molecule is CCCCCN1CCC(CC(=O)O)C1. The largest absolute Gasteiger partial charge is 0.481 e. The molecule has 82 valence electrons. The van der Waals surface area contributed by atoms with E-state index in [2.05, 4.69) is 11.8 Å². The fourth-order valence-corrected chi connectivity index (χ4v) is 2.11. The quantitative estimate of drug-likeness (QED) is 0.665. The Balaban J connectivity index is 2.11. The van der Waals surface area contributed by atoms with Crippen LogP contribution in [0.3, 0.4) is 0 Å². The number of carboxylic acid groups (broad SMARTS) is 1. The van der Waals surface area contributed by atoms with Crippen molar-refractivity contribution in [2.45, 2.75) is 39.0 Å². The summed E-state index contributed by atoms with van der Waals surface area (Å²) in [6.45, 7) is 5.46. The summed E-state index contributed by atoms with van der Waals surface area (Å²) >= 11 is 0. The number of rotatable bonds is 6. The van der Waals surface area contributed by atoms with Gasteiger partial charge in [0.1, 0.15) is 0 Å². The van der Waals surface area contributed by atoms with E-state index >= 15 is 0 Å². The second-order valence-corrected chi connectivity index (χ2v) is 4.26. The van der Waals surface area contributed by atoms with E-state index in [-0.39, 0.29) is 0 Å². The standard InChI is InChI=1S/C11H21NO2/c1-2-3-4-6-12-7-5-10(9-12)8-11(13)14/h10H,2-9H2,1H3,(H,13,14). The molecule has 0 spiro atoms. The van der Waals surface area contributed by atoms with E-state index in [1.54, 1.807) is 0 Å². The van der Waals surface area contributed by atoms with Gasteiger partial charge in [0.05, 0.1) is 0 Å². The first kappa shape index (κ1) is 11.5. The number of nitrogens with zero attached hydrogens (tertiary/aromatic N) is 1. The molecule has 1 unspecified atom stereocenters. The minimum Gasteiger partial charge on any atom is -0.481 e. The first-order valence-electron chi connectivity index (χ1n) is 5.66. The van der Waals surface area contributed by atoms with Crippen molar-refractivity contribution in [3.63, 3.8) is 0 Å². The van der Waals surface area contributed by atoms with Gasteiger partial charge in [-0.1, -0.05) is 19.8 Å². The molecule has 3 heteroatoms. The van der Waals surface area contributed by atoms with E-state index in [0.717, 1.165) is 26.1 Å². The first-order valence-corrected chi connectivity index (χ1v) is 5.66. The smallest absolute Gasteiger partial charge is 0.303 e. The molecule has 0 aromatic carbocycles. The maximum atomic E-state index is 10.5. The molecule has 0 saturated carbocycles. The number of unbranched alkanes of at least 4 members (excludes halogenated alkanes) is 2. The normalized spacial score (nSPS) is 22.8. The van der Waals surface area contributed by atoms with Crippen LogP contribution >= 0.6 is 0 Å². The lowest BCUT2D eigenvalue weighted by molar-refractivity contribution is -0.138. The van der Waals surface area contributed by atoms with Gasteiger partial charge in [0.2, 0.25) is 0 Å². The van der Waals surface area contributed by atoms with Crippen molar-refractivity contribution in [2.24, 2.45) is 5.92 Å². The molecule has 0 aliphatic carbocycles. The Morgan fingerprint density at radius 3 is 2.93 bits per heavy atom. The van der Waals surface area contributed by atoms with Crippen LogP contribution in [0.2, 0.25) is 0 Å². The zero-order valence-electron chi connectivity index (χ0n) is 9.04. The molecule has 3 nitrogen and oxygen atoms in total. The topological polar surface area (TPSA) is 40.5 Å². The molecule has 0 bridgehead atoms. The highest BCUT2D eigenvalue weighted by molar-refractivity contribution is 5.67. The summed E-state index contributed by atoms with van der Waals surface area (Å²) in [7, 11) is 0. The number of likely N-dealkylation sites (tertiary alicyclic amines) is 1. The van der Waals surface area contributed by atoms with Crippen LogP contribution in [0.4, 0.5) is 0 Å². The summed E-state index contributed by atoms with van der Waals surface area (Å²) in [5.74, 6) is -0.250. The van der Waals surface area contributed by atoms with Gasteiger partial charge in [0.25, 0.3) is 0 Å². The van der Waals surface area contributed by atoms with Crippen LogP contribution in [0.25, 0.3) is 0 Å². The van der Waals surface area contributed by atoms with E-state index in [9.17, 15) is 4.79 Å². The summed E-state index contributed by atoms with van der Waals surface area (Å²) in [6.07, 6.45) is 5.23. The summed E-state index contributed by atoms with van der Waals surface area (Å²) in [5.41, 5.74) is 0. The molecule has 1 rings (SSSR count). The number of carboxylic acids is 1. The van der Waals surface area contributed by atoms with E-state index in [0.29, 0.717) is 12.3 Å². The summed E-state index contributed by atoms with van der Waals surface area (Å²) in [4.78, 5) is 12.9. The van der Waals surface area contributed by atoms with Crippen LogP contribution in [0.1, 0.15) is 39.0 Å². The Morgan fingerprint density at radius 2 is 2.29 bits per heavy atom. The van der Waals surface area contributed by atoms with Gasteiger partial charge < -0.3 is 10.0 Å². The van der Waals surface area contributed by atoms with Crippen molar-refractivity contribution in [3.8, 4) is 0 Å². The Kier molecular flexibility index (Phi) is 4.94. The average molecular weight is 199 g/mol. The average Bonchev–Trinajstić information content (AvgIpc) is 2.52. The van der Waals surface area contributed by atoms with Gasteiger partial charge in [-0.25, -0.2) is 0 Å². The third-order valence-electron chi connectivity index (χ3n) is 2.91. The zero-order chi connectivity index (χ0) is 10.4. The first-order chi connectivity index (χ1) is 6.72.